The number of imidazole rings is 1. The molecule has 0 atom stereocenters. The molecule has 0 unspecified atom stereocenters. The lowest BCUT2D eigenvalue weighted by Gasteiger charge is -2.24. The summed E-state index contributed by atoms with van der Waals surface area (Å²) >= 11 is 0. The highest BCUT2D eigenvalue weighted by Gasteiger charge is 2.19. The van der Waals surface area contributed by atoms with Gasteiger partial charge in [0, 0.05) is 24.0 Å². The van der Waals surface area contributed by atoms with Gasteiger partial charge in [0.15, 0.2) is 5.65 Å². The summed E-state index contributed by atoms with van der Waals surface area (Å²) in [6, 6.07) is 10.9. The second-order valence-corrected chi connectivity index (χ2v) is 5.96. The van der Waals surface area contributed by atoms with Crippen LogP contribution in [0.1, 0.15) is 32.1 Å². The fraction of sp³-hybridized carbons (Fsp3) is 0.333. The zero-order valence-corrected chi connectivity index (χ0v) is 12.6. The fourth-order valence-electron chi connectivity index (χ4n) is 3.28. The Morgan fingerprint density at radius 2 is 1.86 bits per heavy atom. The van der Waals surface area contributed by atoms with E-state index in [9.17, 15) is 0 Å². The van der Waals surface area contributed by atoms with E-state index in [1.807, 2.05) is 24.7 Å². The number of anilines is 1. The van der Waals surface area contributed by atoms with Crippen molar-refractivity contribution < 1.29 is 0 Å². The maximum absolute atomic E-state index is 4.79. The number of fused-ring (bicyclic) bond motifs is 1. The van der Waals surface area contributed by atoms with Crippen molar-refractivity contribution in [3.63, 3.8) is 0 Å². The first-order valence-corrected chi connectivity index (χ1v) is 8.06. The maximum atomic E-state index is 4.79. The van der Waals surface area contributed by atoms with Crippen molar-refractivity contribution in [3.8, 4) is 11.3 Å². The minimum Gasteiger partial charge on any atom is -0.367 e. The van der Waals surface area contributed by atoms with Crippen LogP contribution in [-0.4, -0.2) is 20.4 Å². The standard InChI is InChI=1S/C18H20N4/c1-3-7-14(8-4-1)17-18(20-15-9-5-2-6-10-15)22-12-11-19-13-16(22)21-17/h1,3-4,7-8,11-13,15,20H,2,5-6,9-10H2. The normalized spacial score (nSPS) is 16.0. The van der Waals surface area contributed by atoms with Gasteiger partial charge >= 0.3 is 0 Å². The smallest absolute Gasteiger partial charge is 0.157 e. The van der Waals surface area contributed by atoms with Gasteiger partial charge in [-0.3, -0.25) is 9.38 Å². The van der Waals surface area contributed by atoms with Crippen molar-refractivity contribution in [2.24, 2.45) is 0 Å². The van der Waals surface area contributed by atoms with Crippen LogP contribution in [-0.2, 0) is 0 Å². The molecule has 22 heavy (non-hydrogen) atoms. The second-order valence-electron chi connectivity index (χ2n) is 5.96. The third kappa shape index (κ3) is 2.45. The highest BCUT2D eigenvalue weighted by atomic mass is 15.2. The Hall–Kier alpha value is -2.36. The Morgan fingerprint density at radius 1 is 1.05 bits per heavy atom. The van der Waals surface area contributed by atoms with Gasteiger partial charge in [0.25, 0.3) is 0 Å². The van der Waals surface area contributed by atoms with E-state index < -0.39 is 0 Å². The summed E-state index contributed by atoms with van der Waals surface area (Å²) < 4.78 is 2.12. The first-order chi connectivity index (χ1) is 10.9. The average molecular weight is 292 g/mol. The van der Waals surface area contributed by atoms with E-state index in [0.29, 0.717) is 6.04 Å². The summed E-state index contributed by atoms with van der Waals surface area (Å²) in [5.74, 6) is 1.09. The monoisotopic (exact) mass is 292 g/mol. The number of nitrogens with zero attached hydrogens (tertiary/aromatic N) is 3. The molecule has 1 aromatic carbocycles. The maximum Gasteiger partial charge on any atom is 0.157 e. The first-order valence-electron chi connectivity index (χ1n) is 8.06. The molecule has 2 aromatic heterocycles. The van der Waals surface area contributed by atoms with Crippen LogP contribution in [0.3, 0.4) is 0 Å². The molecule has 4 nitrogen and oxygen atoms in total. The molecule has 4 rings (SSSR count). The number of aromatic nitrogens is 3. The van der Waals surface area contributed by atoms with E-state index in [-0.39, 0.29) is 0 Å². The number of hydrogen-bond donors (Lipinski definition) is 1. The Labute approximate surface area is 130 Å². The van der Waals surface area contributed by atoms with Crippen molar-refractivity contribution in [2.45, 2.75) is 38.1 Å². The van der Waals surface area contributed by atoms with Crippen LogP contribution in [0.15, 0.2) is 48.9 Å². The Morgan fingerprint density at radius 3 is 2.68 bits per heavy atom. The summed E-state index contributed by atoms with van der Waals surface area (Å²) in [7, 11) is 0. The largest absolute Gasteiger partial charge is 0.367 e. The number of rotatable bonds is 3. The van der Waals surface area contributed by atoms with Crippen LogP contribution in [0.5, 0.6) is 0 Å². The summed E-state index contributed by atoms with van der Waals surface area (Å²) in [4.78, 5) is 8.98. The number of hydrogen-bond acceptors (Lipinski definition) is 3. The van der Waals surface area contributed by atoms with E-state index in [2.05, 4.69) is 39.0 Å². The van der Waals surface area contributed by atoms with Crippen molar-refractivity contribution in [3.05, 3.63) is 48.9 Å². The second kappa shape index (κ2) is 5.79. The van der Waals surface area contributed by atoms with E-state index >= 15 is 0 Å². The molecule has 1 aliphatic carbocycles. The van der Waals surface area contributed by atoms with E-state index in [1.54, 1.807) is 0 Å². The number of benzene rings is 1. The lowest BCUT2D eigenvalue weighted by Crippen LogP contribution is -2.23. The molecule has 1 fully saturated rings. The van der Waals surface area contributed by atoms with Gasteiger partial charge in [-0.1, -0.05) is 49.6 Å². The van der Waals surface area contributed by atoms with Gasteiger partial charge in [-0.2, -0.15) is 0 Å². The molecule has 0 aliphatic heterocycles. The Bertz CT molecular complexity index is 757. The van der Waals surface area contributed by atoms with Gasteiger partial charge in [-0.15, -0.1) is 0 Å². The lowest BCUT2D eigenvalue weighted by atomic mass is 9.95. The summed E-state index contributed by atoms with van der Waals surface area (Å²) in [5.41, 5.74) is 3.04. The molecule has 0 radical (unpaired) electrons. The van der Waals surface area contributed by atoms with Crippen LogP contribution in [0.25, 0.3) is 16.9 Å². The van der Waals surface area contributed by atoms with E-state index in [1.165, 1.54) is 32.1 Å². The van der Waals surface area contributed by atoms with Crippen molar-refractivity contribution in [1.29, 1.82) is 0 Å². The highest BCUT2D eigenvalue weighted by Crippen LogP contribution is 2.30. The minimum absolute atomic E-state index is 0.546. The van der Waals surface area contributed by atoms with E-state index in [4.69, 9.17) is 4.98 Å². The lowest BCUT2D eigenvalue weighted by molar-refractivity contribution is 0.461. The molecular weight excluding hydrogens is 272 g/mol. The Balaban J connectivity index is 1.79. The van der Waals surface area contributed by atoms with Gasteiger partial charge in [0.1, 0.15) is 11.5 Å². The van der Waals surface area contributed by atoms with Crippen molar-refractivity contribution in [2.75, 3.05) is 5.32 Å². The molecule has 1 aliphatic rings. The highest BCUT2D eigenvalue weighted by molar-refractivity contribution is 5.76. The van der Waals surface area contributed by atoms with Crippen LogP contribution in [0, 0.1) is 0 Å². The van der Waals surface area contributed by atoms with Crippen LogP contribution in [0.2, 0.25) is 0 Å². The quantitative estimate of drug-likeness (QED) is 0.789. The van der Waals surface area contributed by atoms with Gasteiger partial charge < -0.3 is 5.32 Å². The molecule has 4 heteroatoms. The zero-order chi connectivity index (χ0) is 14.8. The molecule has 3 aromatic rings. The van der Waals surface area contributed by atoms with Crippen LogP contribution < -0.4 is 5.32 Å². The van der Waals surface area contributed by atoms with E-state index in [0.717, 1.165) is 22.7 Å². The minimum atomic E-state index is 0.546. The SMILES string of the molecule is c1ccc(-c2nc3cnccn3c2NC2CCCCC2)cc1. The summed E-state index contributed by atoms with van der Waals surface area (Å²) in [6.07, 6.45) is 12.1. The van der Waals surface area contributed by atoms with Crippen molar-refractivity contribution in [1.82, 2.24) is 14.4 Å². The molecule has 1 N–H and O–H groups in total. The van der Waals surface area contributed by atoms with Gasteiger partial charge in [0.05, 0.1) is 6.20 Å². The molecular formula is C18H20N4. The zero-order valence-electron chi connectivity index (χ0n) is 12.6. The fourth-order valence-corrected chi connectivity index (χ4v) is 3.28. The molecule has 0 amide bonds. The van der Waals surface area contributed by atoms with Crippen LogP contribution in [0.4, 0.5) is 5.82 Å². The summed E-state index contributed by atoms with van der Waals surface area (Å²) in [6.45, 7) is 0. The predicted molar refractivity (Wildman–Crippen MR) is 88.9 cm³/mol. The Kier molecular flexibility index (Phi) is 3.51. The molecule has 0 spiro atoms. The van der Waals surface area contributed by atoms with Gasteiger partial charge in [-0.05, 0) is 12.8 Å². The topological polar surface area (TPSA) is 42.2 Å². The van der Waals surface area contributed by atoms with Crippen molar-refractivity contribution >= 4 is 11.5 Å². The number of nitrogens with one attached hydrogen (secondary N) is 1. The molecule has 2 heterocycles. The molecule has 0 saturated heterocycles. The molecule has 0 bridgehead atoms. The van der Waals surface area contributed by atoms with Crippen LogP contribution >= 0.6 is 0 Å². The average Bonchev–Trinajstić information content (AvgIpc) is 2.95. The predicted octanol–water partition coefficient (Wildman–Crippen LogP) is 4.14. The third-order valence-corrected chi connectivity index (χ3v) is 4.42. The first kappa shape index (κ1) is 13.3. The molecule has 1 saturated carbocycles. The summed E-state index contributed by atoms with van der Waals surface area (Å²) in [5, 5.41) is 3.74. The molecule has 112 valence electrons. The van der Waals surface area contributed by atoms with Gasteiger partial charge in [-0.25, -0.2) is 4.98 Å². The van der Waals surface area contributed by atoms with Gasteiger partial charge in [0.2, 0.25) is 0 Å². The third-order valence-electron chi connectivity index (χ3n) is 4.42.